The van der Waals surface area contributed by atoms with E-state index in [0.29, 0.717) is 5.75 Å². The summed E-state index contributed by atoms with van der Waals surface area (Å²) in [5.41, 5.74) is 4.99. The van der Waals surface area contributed by atoms with Crippen molar-refractivity contribution in [3.63, 3.8) is 0 Å². The van der Waals surface area contributed by atoms with Crippen molar-refractivity contribution in [3.8, 4) is 6.07 Å². The van der Waals surface area contributed by atoms with Crippen LogP contribution in [-0.2, 0) is 4.79 Å². The maximum absolute atomic E-state index is 10.6. The van der Waals surface area contributed by atoms with Crippen molar-refractivity contribution in [2.24, 2.45) is 5.73 Å². The van der Waals surface area contributed by atoms with Crippen LogP contribution in [0.2, 0.25) is 0 Å². The van der Waals surface area contributed by atoms with E-state index in [0.717, 1.165) is 0 Å². The van der Waals surface area contributed by atoms with E-state index in [4.69, 9.17) is 11.0 Å². The van der Waals surface area contributed by atoms with E-state index in [1.54, 1.807) is 0 Å². The minimum absolute atomic E-state index is 0.568. The summed E-state index contributed by atoms with van der Waals surface area (Å²) in [4.78, 5) is 10.6. The molecule has 0 spiro atoms. The van der Waals surface area contributed by atoms with Crippen molar-refractivity contribution < 1.29 is 4.79 Å². The van der Waals surface area contributed by atoms with Gasteiger partial charge in [0.1, 0.15) is 0 Å². The van der Waals surface area contributed by atoms with Crippen molar-refractivity contribution in [1.82, 2.24) is 0 Å². The van der Waals surface area contributed by atoms with Crippen LogP contribution in [0.5, 0.6) is 0 Å². The Bertz CT molecular complexity index is 175. The number of thioether (sulfide) groups is 1. The van der Waals surface area contributed by atoms with Gasteiger partial charge < -0.3 is 5.73 Å². The van der Waals surface area contributed by atoms with Crippen LogP contribution in [0.4, 0.5) is 0 Å². The summed E-state index contributed by atoms with van der Waals surface area (Å²) in [7, 11) is 0. The van der Waals surface area contributed by atoms with E-state index in [1.165, 1.54) is 18.7 Å². The van der Waals surface area contributed by atoms with Gasteiger partial charge in [0, 0.05) is 0 Å². The number of nitrogens with two attached hydrogens (primary N) is 1. The molecule has 0 aromatic heterocycles. The maximum Gasteiger partial charge on any atom is 0.247 e. The maximum atomic E-state index is 10.6. The van der Waals surface area contributed by atoms with Crippen LogP contribution in [0.3, 0.4) is 0 Å². The van der Waals surface area contributed by atoms with Crippen molar-refractivity contribution in [1.29, 1.82) is 5.26 Å². The molecule has 0 aliphatic heterocycles. The number of hydrogen-bond donors (Lipinski definition) is 1. The van der Waals surface area contributed by atoms with Gasteiger partial charge in [0.2, 0.25) is 5.91 Å². The number of carbonyl (C=O) groups excluding carboxylic acids is 1. The van der Waals surface area contributed by atoms with Gasteiger partial charge in [0.05, 0.1) is 6.07 Å². The zero-order chi connectivity index (χ0) is 8.20. The van der Waals surface area contributed by atoms with Gasteiger partial charge >= 0.3 is 0 Å². The molecule has 1 atom stereocenters. The fourth-order valence-corrected chi connectivity index (χ4v) is 1.23. The molecular weight excluding hydrogens is 148 g/mol. The summed E-state index contributed by atoms with van der Waals surface area (Å²) in [6, 6.07) is 1.87. The standard InChI is InChI=1S/C6H10N2OS/c1-3-10-6(2,4-7)5(8)9/h3H2,1-2H3,(H2,8,9). The lowest BCUT2D eigenvalue weighted by Gasteiger charge is -2.14. The first-order chi connectivity index (χ1) is 4.56. The normalized spacial score (nSPS) is 15.3. The number of hydrogen-bond acceptors (Lipinski definition) is 3. The van der Waals surface area contributed by atoms with Crippen molar-refractivity contribution in [3.05, 3.63) is 0 Å². The molecule has 0 aromatic carbocycles. The topological polar surface area (TPSA) is 66.9 Å². The van der Waals surface area contributed by atoms with E-state index in [1.807, 2.05) is 13.0 Å². The Kier molecular flexibility index (Phi) is 3.23. The van der Waals surface area contributed by atoms with Crippen LogP contribution in [-0.4, -0.2) is 16.4 Å². The SMILES string of the molecule is CCSC(C)(C#N)C(N)=O. The van der Waals surface area contributed by atoms with Gasteiger partial charge in [-0.25, -0.2) is 0 Å². The van der Waals surface area contributed by atoms with E-state index >= 15 is 0 Å². The first-order valence-corrected chi connectivity index (χ1v) is 3.90. The number of primary amides is 1. The third kappa shape index (κ3) is 1.92. The lowest BCUT2D eigenvalue weighted by atomic mass is 10.2. The molecule has 0 rings (SSSR count). The summed E-state index contributed by atoms with van der Waals surface area (Å²) in [5, 5.41) is 8.52. The second-order valence-electron chi connectivity index (χ2n) is 1.94. The first kappa shape index (κ1) is 9.31. The van der Waals surface area contributed by atoms with Crippen molar-refractivity contribution in [2.45, 2.75) is 18.6 Å². The van der Waals surface area contributed by atoms with E-state index in [2.05, 4.69) is 0 Å². The lowest BCUT2D eigenvalue weighted by Crippen LogP contribution is -2.36. The van der Waals surface area contributed by atoms with Gasteiger partial charge in [-0.1, -0.05) is 6.92 Å². The minimum atomic E-state index is -1.05. The zero-order valence-corrected chi connectivity index (χ0v) is 6.86. The number of rotatable bonds is 3. The Morgan fingerprint density at radius 1 is 1.90 bits per heavy atom. The number of nitrogens with zero attached hydrogens (tertiary/aromatic N) is 1. The highest BCUT2D eigenvalue weighted by atomic mass is 32.2. The van der Waals surface area contributed by atoms with Crippen molar-refractivity contribution in [2.75, 3.05) is 5.75 Å². The Hall–Kier alpha value is -0.690. The molecule has 4 heteroatoms. The van der Waals surface area contributed by atoms with Crippen LogP contribution in [0, 0.1) is 11.3 Å². The van der Waals surface area contributed by atoms with Crippen LogP contribution in [0.25, 0.3) is 0 Å². The van der Waals surface area contributed by atoms with Gasteiger partial charge in [-0.15, -0.1) is 11.8 Å². The zero-order valence-electron chi connectivity index (χ0n) is 6.05. The summed E-state index contributed by atoms with van der Waals surface area (Å²) >= 11 is 1.25. The third-order valence-electron chi connectivity index (χ3n) is 1.12. The molecule has 0 aliphatic carbocycles. The predicted octanol–water partition coefficient (Wildman–Crippen LogP) is 0.507. The lowest BCUT2D eigenvalue weighted by molar-refractivity contribution is -0.118. The molecule has 0 heterocycles. The fraction of sp³-hybridized carbons (Fsp3) is 0.667. The van der Waals surface area contributed by atoms with Crippen LogP contribution in [0.1, 0.15) is 13.8 Å². The highest BCUT2D eigenvalue weighted by Gasteiger charge is 2.30. The number of amides is 1. The molecule has 0 saturated heterocycles. The molecule has 56 valence electrons. The largest absolute Gasteiger partial charge is 0.368 e. The molecule has 3 nitrogen and oxygen atoms in total. The predicted molar refractivity (Wildman–Crippen MR) is 41.3 cm³/mol. The molecule has 1 unspecified atom stereocenters. The van der Waals surface area contributed by atoms with Gasteiger partial charge in [-0.05, 0) is 12.7 Å². The van der Waals surface area contributed by atoms with Crippen LogP contribution < -0.4 is 5.73 Å². The summed E-state index contributed by atoms with van der Waals surface area (Å²) in [6.45, 7) is 3.41. The second kappa shape index (κ2) is 3.47. The first-order valence-electron chi connectivity index (χ1n) is 2.92. The summed E-state index contributed by atoms with van der Waals surface area (Å²) in [5.74, 6) is 0.148. The Morgan fingerprint density at radius 3 is 2.50 bits per heavy atom. The molecule has 0 bridgehead atoms. The number of carbonyl (C=O) groups is 1. The van der Waals surface area contributed by atoms with Gasteiger partial charge in [0.15, 0.2) is 4.75 Å². The van der Waals surface area contributed by atoms with Crippen LogP contribution in [0.15, 0.2) is 0 Å². The van der Waals surface area contributed by atoms with Crippen molar-refractivity contribution >= 4 is 17.7 Å². The highest BCUT2D eigenvalue weighted by molar-refractivity contribution is 8.01. The Balaban J connectivity index is 4.27. The molecule has 0 saturated carbocycles. The molecule has 10 heavy (non-hydrogen) atoms. The molecule has 0 aliphatic rings. The minimum Gasteiger partial charge on any atom is -0.368 e. The molecule has 0 fully saturated rings. The average Bonchev–Trinajstić information content (AvgIpc) is 1.88. The van der Waals surface area contributed by atoms with Gasteiger partial charge in [0.25, 0.3) is 0 Å². The smallest absolute Gasteiger partial charge is 0.247 e. The van der Waals surface area contributed by atoms with Gasteiger partial charge in [-0.2, -0.15) is 5.26 Å². The summed E-state index contributed by atoms with van der Waals surface area (Å²) < 4.78 is -1.05. The van der Waals surface area contributed by atoms with Gasteiger partial charge in [-0.3, -0.25) is 4.79 Å². The molecule has 1 amide bonds. The average molecular weight is 158 g/mol. The van der Waals surface area contributed by atoms with Crippen LogP contribution >= 0.6 is 11.8 Å². The fourth-order valence-electron chi connectivity index (χ4n) is 0.447. The van der Waals surface area contributed by atoms with E-state index < -0.39 is 10.7 Å². The molecule has 0 aromatic rings. The Labute approximate surface area is 64.6 Å². The Morgan fingerprint density at radius 2 is 2.40 bits per heavy atom. The molecule has 2 N–H and O–H groups in total. The number of nitriles is 1. The quantitative estimate of drug-likeness (QED) is 0.650. The van der Waals surface area contributed by atoms with E-state index in [9.17, 15) is 4.79 Å². The third-order valence-corrected chi connectivity index (χ3v) is 2.28. The highest BCUT2D eigenvalue weighted by Crippen LogP contribution is 2.22. The molecular formula is C6H10N2OS. The monoisotopic (exact) mass is 158 g/mol. The second-order valence-corrected chi connectivity index (χ2v) is 3.62. The summed E-state index contributed by atoms with van der Waals surface area (Å²) in [6.07, 6.45) is 0. The molecule has 0 radical (unpaired) electrons. The van der Waals surface area contributed by atoms with E-state index in [-0.39, 0.29) is 0 Å².